The Morgan fingerprint density at radius 1 is 1.00 bits per heavy atom. The van der Waals surface area contributed by atoms with Crippen molar-refractivity contribution < 1.29 is 0 Å². The quantitative estimate of drug-likeness (QED) is 0.400. The smallest absolute Gasteiger partial charge is 0.124 e. The van der Waals surface area contributed by atoms with Gasteiger partial charge in [0, 0.05) is 27.4 Å². The first kappa shape index (κ1) is 21.6. The van der Waals surface area contributed by atoms with Crippen LogP contribution in [-0.4, -0.2) is 28.3 Å². The molecule has 152 valence electrons. The van der Waals surface area contributed by atoms with Gasteiger partial charge in [0.2, 0.25) is 0 Å². The molecule has 4 N–H and O–H groups in total. The Balaban J connectivity index is 0.00000120. The molecule has 5 nitrogen and oxygen atoms in total. The van der Waals surface area contributed by atoms with Crippen LogP contribution in [0.15, 0.2) is 48.7 Å². The van der Waals surface area contributed by atoms with E-state index in [1.54, 1.807) is 11.3 Å². The van der Waals surface area contributed by atoms with Crippen LogP contribution in [0.1, 0.15) is 24.5 Å². The van der Waals surface area contributed by atoms with Gasteiger partial charge in [0.15, 0.2) is 0 Å². The second-order valence-electron chi connectivity index (χ2n) is 7.00. The fraction of sp³-hybridized carbons (Fsp3) is 0.238. The summed E-state index contributed by atoms with van der Waals surface area (Å²) in [5.74, 6) is 1.04. The number of aromatic amines is 1. The molecule has 4 heterocycles. The molecule has 0 aliphatic carbocycles. The maximum absolute atomic E-state index is 6.06. The molecule has 0 bridgehead atoms. The van der Waals surface area contributed by atoms with Crippen molar-refractivity contribution in [2.75, 3.05) is 18.8 Å². The molecule has 0 unspecified atom stereocenters. The van der Waals surface area contributed by atoms with Gasteiger partial charge in [-0.3, -0.25) is 5.10 Å². The summed E-state index contributed by atoms with van der Waals surface area (Å²) in [4.78, 5) is 5.85. The first-order valence-electron chi connectivity index (χ1n) is 9.29. The molecular formula is C21H23Cl2N5S. The van der Waals surface area contributed by atoms with Gasteiger partial charge in [-0.1, -0.05) is 18.2 Å². The zero-order valence-corrected chi connectivity index (χ0v) is 18.2. The summed E-state index contributed by atoms with van der Waals surface area (Å²) >= 11 is 1.75. The molecule has 1 saturated heterocycles. The lowest BCUT2D eigenvalue weighted by Crippen LogP contribution is -2.27. The summed E-state index contributed by atoms with van der Waals surface area (Å²) < 4.78 is 1.26. The number of nitrogen functional groups attached to an aromatic ring is 1. The Hall–Kier alpha value is -2.12. The fourth-order valence-corrected chi connectivity index (χ4v) is 4.98. The minimum Gasteiger partial charge on any atom is -0.384 e. The number of thiophene rings is 1. The highest BCUT2D eigenvalue weighted by Crippen LogP contribution is 2.40. The third kappa shape index (κ3) is 4.12. The third-order valence-corrected chi connectivity index (χ3v) is 6.40. The predicted molar refractivity (Wildman–Crippen MR) is 126 cm³/mol. The van der Waals surface area contributed by atoms with Crippen molar-refractivity contribution in [3.8, 4) is 21.7 Å². The molecule has 4 aromatic rings. The number of anilines is 1. The normalized spacial score (nSPS) is 14.3. The highest BCUT2D eigenvalue weighted by Gasteiger charge is 2.23. The Morgan fingerprint density at radius 3 is 2.59 bits per heavy atom. The van der Waals surface area contributed by atoms with E-state index in [2.05, 4.69) is 51.9 Å². The topological polar surface area (TPSA) is 79.6 Å². The average molecular weight is 448 g/mol. The standard InChI is InChI=1S/C21H21N5S.2ClH/c22-19-6-5-15(16-12-24-26-20(16)13-7-9-23-10-8-13)21(25-19)18-11-14-3-1-2-4-17(14)27-18;;/h1-6,11-13,23H,7-10H2,(H2,22,25)(H,24,26);2*1H. The van der Waals surface area contributed by atoms with Crippen molar-refractivity contribution >= 4 is 52.1 Å². The van der Waals surface area contributed by atoms with Crippen LogP contribution in [0.2, 0.25) is 0 Å². The number of aromatic nitrogens is 3. The first-order valence-corrected chi connectivity index (χ1v) is 10.1. The van der Waals surface area contributed by atoms with Gasteiger partial charge in [0.05, 0.1) is 16.8 Å². The number of benzene rings is 1. The highest BCUT2D eigenvalue weighted by molar-refractivity contribution is 7.22. The molecule has 0 saturated carbocycles. The Morgan fingerprint density at radius 2 is 1.79 bits per heavy atom. The van der Waals surface area contributed by atoms with Gasteiger partial charge in [0.25, 0.3) is 0 Å². The van der Waals surface area contributed by atoms with Crippen LogP contribution in [0, 0.1) is 0 Å². The number of hydrogen-bond acceptors (Lipinski definition) is 5. The van der Waals surface area contributed by atoms with Gasteiger partial charge in [0.1, 0.15) is 5.82 Å². The van der Waals surface area contributed by atoms with Crippen LogP contribution in [0.5, 0.6) is 0 Å². The van der Waals surface area contributed by atoms with Crippen LogP contribution < -0.4 is 11.1 Å². The van der Waals surface area contributed by atoms with E-state index < -0.39 is 0 Å². The highest BCUT2D eigenvalue weighted by atomic mass is 35.5. The molecule has 1 aliphatic rings. The van der Waals surface area contributed by atoms with E-state index in [0.29, 0.717) is 11.7 Å². The molecule has 8 heteroatoms. The number of nitrogens with zero attached hydrogens (tertiary/aromatic N) is 2. The van der Waals surface area contributed by atoms with E-state index in [0.717, 1.165) is 47.6 Å². The summed E-state index contributed by atoms with van der Waals surface area (Å²) in [7, 11) is 0. The van der Waals surface area contributed by atoms with Crippen molar-refractivity contribution in [1.29, 1.82) is 0 Å². The van der Waals surface area contributed by atoms with Gasteiger partial charge in [-0.25, -0.2) is 4.98 Å². The Bertz CT molecular complexity index is 1070. The van der Waals surface area contributed by atoms with E-state index in [9.17, 15) is 0 Å². The van der Waals surface area contributed by atoms with Crippen LogP contribution in [0.4, 0.5) is 5.82 Å². The van der Waals surface area contributed by atoms with Crippen molar-refractivity contribution in [3.05, 3.63) is 54.4 Å². The minimum absolute atomic E-state index is 0. The van der Waals surface area contributed by atoms with Crippen LogP contribution in [0.3, 0.4) is 0 Å². The maximum atomic E-state index is 6.06. The number of H-pyrrole nitrogens is 1. The number of rotatable bonds is 3. The lowest BCUT2D eigenvalue weighted by atomic mass is 9.90. The monoisotopic (exact) mass is 447 g/mol. The van der Waals surface area contributed by atoms with Gasteiger partial charge in [-0.2, -0.15) is 5.10 Å². The molecule has 0 amide bonds. The molecule has 1 aliphatic heterocycles. The number of fused-ring (bicyclic) bond motifs is 1. The van der Waals surface area contributed by atoms with Gasteiger partial charge >= 0.3 is 0 Å². The van der Waals surface area contributed by atoms with E-state index in [1.807, 2.05) is 12.3 Å². The molecule has 3 aromatic heterocycles. The number of hydrogen-bond donors (Lipinski definition) is 3. The zero-order valence-electron chi connectivity index (χ0n) is 15.7. The van der Waals surface area contributed by atoms with Gasteiger partial charge in [-0.05, 0) is 55.6 Å². The number of nitrogens with two attached hydrogens (primary N) is 1. The van der Waals surface area contributed by atoms with Crippen molar-refractivity contribution in [2.24, 2.45) is 0 Å². The molecule has 1 aromatic carbocycles. The molecule has 5 rings (SSSR count). The molecule has 1 fully saturated rings. The molecule has 0 spiro atoms. The van der Waals surface area contributed by atoms with Crippen LogP contribution >= 0.6 is 36.2 Å². The fourth-order valence-electron chi connectivity index (χ4n) is 3.91. The zero-order chi connectivity index (χ0) is 18.2. The third-order valence-electron chi connectivity index (χ3n) is 5.28. The van der Waals surface area contributed by atoms with Crippen LogP contribution in [0.25, 0.3) is 31.8 Å². The lowest BCUT2D eigenvalue weighted by molar-refractivity contribution is 0.453. The van der Waals surface area contributed by atoms with E-state index in [-0.39, 0.29) is 24.8 Å². The largest absolute Gasteiger partial charge is 0.384 e. The minimum atomic E-state index is 0. The SMILES string of the molecule is Cl.Cl.Nc1ccc(-c2cn[nH]c2C2CCNCC2)c(-c2cc3ccccc3s2)n1. The summed E-state index contributed by atoms with van der Waals surface area (Å²) in [6.07, 6.45) is 4.17. The molecule has 0 atom stereocenters. The van der Waals surface area contributed by atoms with Crippen molar-refractivity contribution in [1.82, 2.24) is 20.5 Å². The summed E-state index contributed by atoms with van der Waals surface area (Å²) in [5, 5.41) is 12.3. The van der Waals surface area contributed by atoms with Gasteiger partial charge in [-0.15, -0.1) is 36.2 Å². The summed E-state index contributed by atoms with van der Waals surface area (Å²) in [6.45, 7) is 2.10. The maximum Gasteiger partial charge on any atom is 0.124 e. The van der Waals surface area contributed by atoms with Gasteiger partial charge < -0.3 is 11.1 Å². The second-order valence-corrected chi connectivity index (χ2v) is 8.09. The Kier molecular flexibility index (Phi) is 6.80. The summed E-state index contributed by atoms with van der Waals surface area (Å²) in [5.41, 5.74) is 10.4. The molecular weight excluding hydrogens is 425 g/mol. The average Bonchev–Trinajstić information content (AvgIpc) is 3.35. The molecule has 29 heavy (non-hydrogen) atoms. The van der Waals surface area contributed by atoms with Crippen LogP contribution in [-0.2, 0) is 0 Å². The van der Waals surface area contributed by atoms with E-state index in [1.165, 1.54) is 15.8 Å². The van der Waals surface area contributed by atoms with Crippen molar-refractivity contribution in [3.63, 3.8) is 0 Å². The summed E-state index contributed by atoms with van der Waals surface area (Å²) in [6, 6.07) is 14.6. The Labute approximate surface area is 185 Å². The predicted octanol–water partition coefficient (Wildman–Crippen LogP) is 5.25. The second kappa shape index (κ2) is 9.13. The number of nitrogens with one attached hydrogen (secondary N) is 2. The first-order chi connectivity index (χ1) is 13.3. The number of pyridine rings is 1. The van der Waals surface area contributed by atoms with Crippen molar-refractivity contribution in [2.45, 2.75) is 18.8 Å². The number of piperidine rings is 1. The van der Waals surface area contributed by atoms with E-state index >= 15 is 0 Å². The molecule has 0 radical (unpaired) electrons. The lowest BCUT2D eigenvalue weighted by Gasteiger charge is -2.23. The number of halogens is 2. The van der Waals surface area contributed by atoms with E-state index in [4.69, 9.17) is 10.7 Å².